The van der Waals surface area contributed by atoms with Gasteiger partial charge in [-0.3, -0.25) is 0 Å². The van der Waals surface area contributed by atoms with Gasteiger partial charge in [0, 0.05) is 25.9 Å². The Bertz CT molecular complexity index is 371. The molecule has 18 heavy (non-hydrogen) atoms. The van der Waals surface area contributed by atoms with Gasteiger partial charge in [0.25, 0.3) is 0 Å². The average Bonchev–Trinajstić information content (AvgIpc) is 2.38. The second-order valence-electron chi connectivity index (χ2n) is 4.06. The average molecular weight is 317 g/mol. The van der Waals surface area contributed by atoms with Gasteiger partial charge in [-0.2, -0.15) is 4.98 Å². The minimum Gasteiger partial charge on any atom is -0.383 e. The lowest BCUT2D eigenvalue weighted by Crippen LogP contribution is -2.38. The molecule has 0 radical (unpaired) electrons. The van der Waals surface area contributed by atoms with E-state index >= 15 is 0 Å². The normalized spacial score (nSPS) is 10.9. The number of nitrogens with two attached hydrogens (primary N) is 1. The van der Waals surface area contributed by atoms with Crippen molar-refractivity contribution < 1.29 is 4.74 Å². The summed E-state index contributed by atoms with van der Waals surface area (Å²) >= 11 is 3.49. The van der Waals surface area contributed by atoms with Crippen LogP contribution in [-0.4, -0.2) is 36.3 Å². The minimum atomic E-state index is 0.293. The van der Waals surface area contributed by atoms with Crippen molar-refractivity contribution >= 4 is 27.7 Å². The summed E-state index contributed by atoms with van der Waals surface area (Å²) in [5.41, 5.74) is 5.68. The number of ether oxygens (including phenoxy) is 1. The van der Waals surface area contributed by atoms with E-state index in [4.69, 9.17) is 10.5 Å². The van der Waals surface area contributed by atoms with Crippen LogP contribution in [0.25, 0.3) is 0 Å². The first-order chi connectivity index (χ1) is 8.63. The van der Waals surface area contributed by atoms with Gasteiger partial charge < -0.3 is 15.4 Å². The fourth-order valence-electron chi connectivity index (χ4n) is 1.95. The smallest absolute Gasteiger partial charge is 0.222 e. The molecule has 0 unspecified atom stereocenters. The van der Waals surface area contributed by atoms with Crippen LogP contribution >= 0.6 is 15.9 Å². The standard InChI is InChI=1S/C12H21BrN4O/c1-4-9(5-2)17(6-7-18-3)11-10(13)8-15-12(14)16-11/h8-9H,4-7H2,1-3H3,(H2,14,15,16). The number of aromatic nitrogens is 2. The summed E-state index contributed by atoms with van der Waals surface area (Å²) in [5.74, 6) is 1.13. The molecule has 0 atom stereocenters. The molecule has 1 aromatic rings. The number of halogens is 1. The molecule has 0 saturated heterocycles. The lowest BCUT2D eigenvalue weighted by atomic mass is 10.1. The molecule has 6 heteroatoms. The molecule has 0 saturated carbocycles. The molecule has 0 aliphatic carbocycles. The van der Waals surface area contributed by atoms with Gasteiger partial charge >= 0.3 is 0 Å². The van der Waals surface area contributed by atoms with E-state index in [0.29, 0.717) is 18.6 Å². The van der Waals surface area contributed by atoms with Gasteiger partial charge in [-0.05, 0) is 28.8 Å². The van der Waals surface area contributed by atoms with E-state index in [1.54, 1.807) is 13.3 Å². The first-order valence-electron chi connectivity index (χ1n) is 6.17. The molecular formula is C12H21BrN4O. The van der Waals surface area contributed by atoms with Crippen LogP contribution in [0.3, 0.4) is 0 Å². The van der Waals surface area contributed by atoms with Crippen LogP contribution in [-0.2, 0) is 4.74 Å². The Balaban J connectivity index is 3.03. The Morgan fingerprint density at radius 3 is 2.67 bits per heavy atom. The van der Waals surface area contributed by atoms with Crippen molar-refractivity contribution in [2.24, 2.45) is 0 Å². The zero-order chi connectivity index (χ0) is 13.5. The molecule has 1 aromatic heterocycles. The fraction of sp³-hybridized carbons (Fsp3) is 0.667. The van der Waals surface area contributed by atoms with E-state index in [9.17, 15) is 0 Å². The van der Waals surface area contributed by atoms with Crippen LogP contribution < -0.4 is 10.6 Å². The van der Waals surface area contributed by atoms with E-state index in [0.717, 1.165) is 29.7 Å². The van der Waals surface area contributed by atoms with Crippen LogP contribution in [0, 0.1) is 0 Å². The lowest BCUT2D eigenvalue weighted by molar-refractivity contribution is 0.202. The summed E-state index contributed by atoms with van der Waals surface area (Å²) in [6.45, 7) is 5.80. The molecule has 0 aliphatic rings. The molecule has 0 amide bonds. The maximum absolute atomic E-state index is 5.68. The Morgan fingerprint density at radius 1 is 1.44 bits per heavy atom. The largest absolute Gasteiger partial charge is 0.383 e. The first kappa shape index (κ1) is 15.2. The molecule has 102 valence electrons. The molecule has 0 bridgehead atoms. The third kappa shape index (κ3) is 3.81. The van der Waals surface area contributed by atoms with E-state index in [1.807, 2.05) is 0 Å². The zero-order valence-corrected chi connectivity index (χ0v) is 12.8. The molecule has 1 rings (SSSR count). The van der Waals surface area contributed by atoms with Gasteiger partial charge in [0.1, 0.15) is 5.82 Å². The maximum Gasteiger partial charge on any atom is 0.222 e. The first-order valence-corrected chi connectivity index (χ1v) is 6.96. The van der Waals surface area contributed by atoms with Gasteiger partial charge in [-0.25, -0.2) is 4.98 Å². The highest BCUT2D eigenvalue weighted by atomic mass is 79.9. The van der Waals surface area contributed by atoms with Crippen LogP contribution in [0.5, 0.6) is 0 Å². The maximum atomic E-state index is 5.68. The van der Waals surface area contributed by atoms with Gasteiger partial charge in [-0.1, -0.05) is 13.8 Å². The third-order valence-corrected chi connectivity index (χ3v) is 3.50. The Labute approximate surface area is 117 Å². The SMILES string of the molecule is CCC(CC)N(CCOC)c1nc(N)ncc1Br. The van der Waals surface area contributed by atoms with Crippen molar-refractivity contribution in [3.05, 3.63) is 10.7 Å². The molecule has 0 aliphatic heterocycles. The van der Waals surface area contributed by atoms with Crippen molar-refractivity contribution in [2.45, 2.75) is 32.7 Å². The number of methoxy groups -OCH3 is 1. The second-order valence-corrected chi connectivity index (χ2v) is 4.91. The lowest BCUT2D eigenvalue weighted by Gasteiger charge is -2.32. The van der Waals surface area contributed by atoms with Crippen LogP contribution in [0.15, 0.2) is 10.7 Å². The summed E-state index contributed by atoms with van der Waals surface area (Å²) in [6, 6.07) is 0.422. The van der Waals surface area contributed by atoms with Gasteiger partial charge in [-0.15, -0.1) is 0 Å². The van der Waals surface area contributed by atoms with Gasteiger partial charge in [0.05, 0.1) is 11.1 Å². The highest BCUT2D eigenvalue weighted by Crippen LogP contribution is 2.27. The van der Waals surface area contributed by atoms with E-state index in [-0.39, 0.29) is 0 Å². The summed E-state index contributed by atoms with van der Waals surface area (Å²) in [6.07, 6.45) is 3.80. The molecule has 1 heterocycles. The van der Waals surface area contributed by atoms with Crippen LogP contribution in [0.1, 0.15) is 26.7 Å². The van der Waals surface area contributed by atoms with E-state index in [2.05, 4.69) is 44.6 Å². The number of nitrogens with zero attached hydrogens (tertiary/aromatic N) is 3. The second kappa shape index (κ2) is 7.53. The highest BCUT2D eigenvalue weighted by Gasteiger charge is 2.19. The van der Waals surface area contributed by atoms with E-state index in [1.165, 1.54) is 0 Å². The summed E-state index contributed by atoms with van der Waals surface area (Å²) < 4.78 is 6.03. The molecular weight excluding hydrogens is 296 g/mol. The quantitative estimate of drug-likeness (QED) is 0.837. The van der Waals surface area contributed by atoms with Crippen molar-refractivity contribution in [3.8, 4) is 0 Å². The summed E-state index contributed by atoms with van der Waals surface area (Å²) in [5, 5.41) is 0. The van der Waals surface area contributed by atoms with Crippen molar-refractivity contribution in [3.63, 3.8) is 0 Å². The van der Waals surface area contributed by atoms with Crippen molar-refractivity contribution in [2.75, 3.05) is 30.9 Å². The van der Waals surface area contributed by atoms with Gasteiger partial charge in [0.15, 0.2) is 0 Å². The number of anilines is 2. The Hall–Kier alpha value is -0.880. The molecule has 0 spiro atoms. The van der Waals surface area contributed by atoms with Crippen LogP contribution in [0.4, 0.5) is 11.8 Å². The fourth-order valence-corrected chi connectivity index (χ4v) is 2.37. The Kier molecular flexibility index (Phi) is 6.35. The summed E-state index contributed by atoms with van der Waals surface area (Å²) in [7, 11) is 1.70. The molecule has 0 aromatic carbocycles. The molecule has 5 nitrogen and oxygen atoms in total. The summed E-state index contributed by atoms with van der Waals surface area (Å²) in [4.78, 5) is 10.5. The zero-order valence-electron chi connectivity index (χ0n) is 11.2. The monoisotopic (exact) mass is 316 g/mol. The molecule has 2 N–H and O–H groups in total. The van der Waals surface area contributed by atoms with Gasteiger partial charge in [0.2, 0.25) is 5.95 Å². The van der Waals surface area contributed by atoms with Crippen molar-refractivity contribution in [1.29, 1.82) is 0 Å². The number of hydrogen-bond donors (Lipinski definition) is 1. The third-order valence-electron chi connectivity index (χ3n) is 2.94. The number of rotatable bonds is 7. The number of nitrogen functional groups attached to an aromatic ring is 1. The predicted molar refractivity (Wildman–Crippen MR) is 77.7 cm³/mol. The topological polar surface area (TPSA) is 64.3 Å². The number of hydrogen-bond acceptors (Lipinski definition) is 5. The predicted octanol–water partition coefficient (Wildman–Crippen LogP) is 2.46. The molecule has 0 fully saturated rings. The van der Waals surface area contributed by atoms with Crippen molar-refractivity contribution in [1.82, 2.24) is 9.97 Å². The highest BCUT2D eigenvalue weighted by molar-refractivity contribution is 9.10. The van der Waals surface area contributed by atoms with E-state index < -0.39 is 0 Å². The van der Waals surface area contributed by atoms with Crippen LogP contribution in [0.2, 0.25) is 0 Å². The Morgan fingerprint density at radius 2 is 2.11 bits per heavy atom. The minimum absolute atomic E-state index is 0.293.